The Morgan fingerprint density at radius 2 is 1.90 bits per heavy atom. The molecule has 2 aliphatic carbocycles. The summed E-state index contributed by atoms with van der Waals surface area (Å²) in [5, 5.41) is 9.75. The molecule has 3 rings (SSSR count). The van der Waals surface area contributed by atoms with Crippen molar-refractivity contribution in [1.29, 1.82) is 0 Å². The highest BCUT2D eigenvalue weighted by Crippen LogP contribution is 2.50. The zero-order chi connectivity index (χ0) is 14.0. The molecular formula is C18H24O2. The lowest BCUT2D eigenvalue weighted by Gasteiger charge is -2.40. The van der Waals surface area contributed by atoms with E-state index in [0.29, 0.717) is 11.3 Å². The number of benzene rings is 1. The number of hydrogen-bond acceptors (Lipinski definition) is 2. The molecule has 0 amide bonds. The van der Waals surface area contributed by atoms with Gasteiger partial charge >= 0.3 is 0 Å². The van der Waals surface area contributed by atoms with Gasteiger partial charge in [0.05, 0.1) is 13.2 Å². The van der Waals surface area contributed by atoms with Crippen LogP contribution in [-0.2, 0) is 6.42 Å². The largest absolute Gasteiger partial charge is 0.497 e. The van der Waals surface area contributed by atoms with Gasteiger partial charge in [0.1, 0.15) is 5.75 Å². The molecule has 0 radical (unpaired) electrons. The summed E-state index contributed by atoms with van der Waals surface area (Å²) in [6.45, 7) is 0. The van der Waals surface area contributed by atoms with Crippen molar-refractivity contribution in [2.45, 2.75) is 44.6 Å². The second-order valence-corrected chi connectivity index (χ2v) is 6.35. The van der Waals surface area contributed by atoms with Crippen LogP contribution in [0.5, 0.6) is 5.75 Å². The maximum absolute atomic E-state index is 9.75. The normalized spacial score (nSPS) is 32.7. The highest BCUT2D eigenvalue weighted by atomic mass is 16.5. The zero-order valence-electron chi connectivity index (χ0n) is 12.2. The molecule has 0 saturated heterocycles. The quantitative estimate of drug-likeness (QED) is 0.849. The van der Waals surface area contributed by atoms with E-state index in [-0.39, 0.29) is 6.10 Å². The summed E-state index contributed by atoms with van der Waals surface area (Å²) in [4.78, 5) is 0. The molecule has 1 saturated carbocycles. The van der Waals surface area contributed by atoms with Crippen molar-refractivity contribution >= 4 is 0 Å². The lowest BCUT2D eigenvalue weighted by Crippen LogP contribution is -2.33. The Balaban J connectivity index is 1.70. The van der Waals surface area contributed by atoms with E-state index in [1.165, 1.54) is 12.0 Å². The third-order valence-electron chi connectivity index (χ3n) is 5.21. The standard InChI is InChI=1S/C18H24O2/c1-20-17-6-4-14(5-7-17)13-15-3-2-10-18(15)11-8-16(19)9-12-18/h2,4-7,10,15-16,19H,3,8-9,11-13H2,1H3/t15-,16?,18?/m0/s1. The van der Waals surface area contributed by atoms with Crippen LogP contribution in [0.1, 0.15) is 37.7 Å². The fourth-order valence-corrected chi connectivity index (χ4v) is 3.89. The molecule has 1 aromatic rings. The SMILES string of the molecule is COc1ccc(C[C@@H]2CC=CC23CCC(O)CC3)cc1. The van der Waals surface area contributed by atoms with Crippen LogP contribution in [0, 0.1) is 11.3 Å². The third kappa shape index (κ3) is 2.62. The van der Waals surface area contributed by atoms with Crippen LogP contribution < -0.4 is 4.74 Å². The highest BCUT2D eigenvalue weighted by molar-refractivity contribution is 5.28. The van der Waals surface area contributed by atoms with Crippen molar-refractivity contribution < 1.29 is 9.84 Å². The molecular weight excluding hydrogens is 248 g/mol. The zero-order valence-corrected chi connectivity index (χ0v) is 12.2. The van der Waals surface area contributed by atoms with Gasteiger partial charge in [0.2, 0.25) is 0 Å². The highest BCUT2D eigenvalue weighted by Gasteiger charge is 2.41. The van der Waals surface area contributed by atoms with Crippen LogP contribution in [0.3, 0.4) is 0 Å². The van der Waals surface area contributed by atoms with Crippen molar-refractivity contribution in [1.82, 2.24) is 0 Å². The molecule has 1 fully saturated rings. The minimum absolute atomic E-state index is 0.0729. The first kappa shape index (κ1) is 13.7. The molecule has 0 heterocycles. The maximum atomic E-state index is 9.75. The van der Waals surface area contributed by atoms with Gasteiger partial charge in [0, 0.05) is 0 Å². The molecule has 0 aromatic heterocycles. The number of ether oxygens (including phenoxy) is 1. The fraction of sp³-hybridized carbons (Fsp3) is 0.556. The Morgan fingerprint density at radius 1 is 1.20 bits per heavy atom. The van der Waals surface area contributed by atoms with E-state index in [4.69, 9.17) is 4.74 Å². The summed E-state index contributed by atoms with van der Waals surface area (Å²) in [5.41, 5.74) is 1.74. The summed E-state index contributed by atoms with van der Waals surface area (Å²) in [7, 11) is 1.71. The summed E-state index contributed by atoms with van der Waals surface area (Å²) in [6, 6.07) is 8.47. The van der Waals surface area contributed by atoms with Gasteiger partial charge in [0.25, 0.3) is 0 Å². The lowest BCUT2D eigenvalue weighted by molar-refractivity contribution is 0.0607. The van der Waals surface area contributed by atoms with Gasteiger partial charge in [-0.2, -0.15) is 0 Å². The van der Waals surface area contributed by atoms with E-state index >= 15 is 0 Å². The number of aliphatic hydroxyl groups is 1. The first-order valence-electron chi connectivity index (χ1n) is 7.70. The second kappa shape index (κ2) is 5.61. The number of aliphatic hydroxyl groups excluding tert-OH is 1. The van der Waals surface area contributed by atoms with Crippen molar-refractivity contribution in [3.8, 4) is 5.75 Å². The van der Waals surface area contributed by atoms with Crippen molar-refractivity contribution in [2.75, 3.05) is 7.11 Å². The summed E-state index contributed by atoms with van der Waals surface area (Å²) in [5.74, 6) is 1.62. The van der Waals surface area contributed by atoms with Gasteiger partial charge in [-0.1, -0.05) is 24.3 Å². The van der Waals surface area contributed by atoms with Gasteiger partial charge in [-0.25, -0.2) is 0 Å². The predicted molar refractivity (Wildman–Crippen MR) is 80.9 cm³/mol. The molecule has 1 aromatic carbocycles. The molecule has 2 nitrogen and oxygen atoms in total. The molecule has 1 N–H and O–H groups in total. The van der Waals surface area contributed by atoms with E-state index in [2.05, 4.69) is 36.4 Å². The van der Waals surface area contributed by atoms with E-state index in [1.807, 2.05) is 0 Å². The van der Waals surface area contributed by atoms with Gasteiger partial charge in [0.15, 0.2) is 0 Å². The second-order valence-electron chi connectivity index (χ2n) is 6.35. The van der Waals surface area contributed by atoms with Gasteiger partial charge in [-0.05, 0) is 67.6 Å². The molecule has 1 spiro atoms. The van der Waals surface area contributed by atoms with E-state index in [0.717, 1.165) is 37.9 Å². The average Bonchev–Trinajstić information content (AvgIpc) is 2.86. The van der Waals surface area contributed by atoms with Crippen LogP contribution in [0.2, 0.25) is 0 Å². The maximum Gasteiger partial charge on any atom is 0.118 e. The van der Waals surface area contributed by atoms with Crippen molar-refractivity contribution in [3.05, 3.63) is 42.0 Å². The van der Waals surface area contributed by atoms with Crippen LogP contribution in [0.15, 0.2) is 36.4 Å². The topological polar surface area (TPSA) is 29.5 Å². The lowest BCUT2D eigenvalue weighted by atomic mass is 9.66. The van der Waals surface area contributed by atoms with Crippen LogP contribution in [-0.4, -0.2) is 18.3 Å². The van der Waals surface area contributed by atoms with Gasteiger partial charge in [-0.3, -0.25) is 0 Å². The number of hydrogen-bond donors (Lipinski definition) is 1. The molecule has 20 heavy (non-hydrogen) atoms. The monoisotopic (exact) mass is 272 g/mol. The summed E-state index contributed by atoms with van der Waals surface area (Å²) in [6.07, 6.45) is 11.2. The molecule has 0 bridgehead atoms. The molecule has 0 aliphatic heterocycles. The van der Waals surface area contributed by atoms with Crippen LogP contribution >= 0.6 is 0 Å². The molecule has 0 unspecified atom stereocenters. The smallest absolute Gasteiger partial charge is 0.118 e. The minimum atomic E-state index is -0.0729. The molecule has 2 aliphatic rings. The number of methoxy groups -OCH3 is 1. The summed E-state index contributed by atoms with van der Waals surface area (Å²) < 4.78 is 5.22. The minimum Gasteiger partial charge on any atom is -0.497 e. The molecule has 2 heteroatoms. The molecule has 108 valence electrons. The van der Waals surface area contributed by atoms with Crippen LogP contribution in [0.25, 0.3) is 0 Å². The van der Waals surface area contributed by atoms with Gasteiger partial charge < -0.3 is 9.84 Å². The van der Waals surface area contributed by atoms with E-state index in [9.17, 15) is 5.11 Å². The Kier molecular flexibility index (Phi) is 3.84. The van der Waals surface area contributed by atoms with Crippen molar-refractivity contribution in [2.24, 2.45) is 11.3 Å². The molecule has 1 atom stereocenters. The average molecular weight is 272 g/mol. The van der Waals surface area contributed by atoms with Gasteiger partial charge in [-0.15, -0.1) is 0 Å². The first-order valence-corrected chi connectivity index (χ1v) is 7.70. The Hall–Kier alpha value is -1.28. The van der Waals surface area contributed by atoms with Crippen LogP contribution in [0.4, 0.5) is 0 Å². The Morgan fingerprint density at radius 3 is 2.55 bits per heavy atom. The predicted octanol–water partition coefficient (Wildman–Crippen LogP) is 3.74. The fourth-order valence-electron chi connectivity index (χ4n) is 3.89. The third-order valence-corrected chi connectivity index (χ3v) is 5.21. The van der Waals surface area contributed by atoms with E-state index < -0.39 is 0 Å². The Bertz CT molecular complexity index is 467. The summed E-state index contributed by atoms with van der Waals surface area (Å²) >= 11 is 0. The Labute approximate surface area is 121 Å². The number of allylic oxidation sites excluding steroid dienone is 2. The first-order chi connectivity index (χ1) is 9.72. The van der Waals surface area contributed by atoms with Crippen molar-refractivity contribution in [3.63, 3.8) is 0 Å². The van der Waals surface area contributed by atoms with E-state index in [1.54, 1.807) is 7.11 Å². The number of rotatable bonds is 3.